The number of benzene rings is 1. The van der Waals surface area contributed by atoms with Gasteiger partial charge in [-0.1, -0.05) is 21.1 Å². The van der Waals surface area contributed by atoms with Crippen molar-refractivity contribution in [3.05, 3.63) is 28.4 Å². The number of aromatic nitrogens is 1. The van der Waals surface area contributed by atoms with Gasteiger partial charge < -0.3 is 9.42 Å². The van der Waals surface area contributed by atoms with Crippen LogP contribution in [0.1, 0.15) is 10.5 Å². The molecule has 0 radical (unpaired) electrons. The van der Waals surface area contributed by atoms with Crippen LogP contribution >= 0.6 is 15.9 Å². The van der Waals surface area contributed by atoms with Gasteiger partial charge in [-0.25, -0.2) is 0 Å². The van der Waals surface area contributed by atoms with Crippen LogP contribution in [0.25, 0.3) is 11.0 Å². The number of carbonyl (C=O) groups excluding carboxylic acids is 1. The number of hydrogen-bond acceptors (Lipinski definition) is 3. The molecule has 4 nitrogen and oxygen atoms in total. The SMILES string of the molecule is CN(C)C(=O)c1noc2cc(Br)ccc12. The fourth-order valence-electron chi connectivity index (χ4n) is 1.28. The highest BCUT2D eigenvalue weighted by atomic mass is 79.9. The summed E-state index contributed by atoms with van der Waals surface area (Å²) >= 11 is 3.32. The van der Waals surface area contributed by atoms with Crippen molar-refractivity contribution >= 4 is 32.8 Å². The summed E-state index contributed by atoms with van der Waals surface area (Å²) in [6.07, 6.45) is 0. The van der Waals surface area contributed by atoms with Crippen molar-refractivity contribution in [2.45, 2.75) is 0 Å². The van der Waals surface area contributed by atoms with E-state index in [-0.39, 0.29) is 5.91 Å². The Balaban J connectivity index is 2.59. The standard InChI is InChI=1S/C10H9BrN2O2/c1-13(2)10(14)9-7-4-3-6(11)5-8(7)15-12-9/h3-5H,1-2H3. The topological polar surface area (TPSA) is 46.3 Å². The number of rotatable bonds is 1. The first-order chi connectivity index (χ1) is 7.09. The Bertz CT molecular complexity index is 519. The molecular weight excluding hydrogens is 260 g/mol. The fraction of sp³-hybridized carbons (Fsp3) is 0.200. The lowest BCUT2D eigenvalue weighted by Gasteiger charge is -2.06. The molecule has 0 fully saturated rings. The summed E-state index contributed by atoms with van der Waals surface area (Å²) in [6, 6.07) is 5.45. The molecule has 0 aliphatic heterocycles. The van der Waals surface area contributed by atoms with E-state index in [1.165, 1.54) is 4.90 Å². The van der Waals surface area contributed by atoms with Crippen LogP contribution in [-0.2, 0) is 0 Å². The molecule has 0 saturated carbocycles. The first-order valence-electron chi connectivity index (χ1n) is 4.36. The van der Waals surface area contributed by atoms with Gasteiger partial charge in [0.25, 0.3) is 5.91 Å². The lowest BCUT2D eigenvalue weighted by molar-refractivity contribution is 0.0819. The molecular formula is C10H9BrN2O2. The maximum atomic E-state index is 11.7. The van der Waals surface area contributed by atoms with E-state index in [2.05, 4.69) is 21.1 Å². The van der Waals surface area contributed by atoms with Crippen molar-refractivity contribution in [1.82, 2.24) is 10.1 Å². The van der Waals surface area contributed by atoms with E-state index in [4.69, 9.17) is 4.52 Å². The number of carbonyl (C=O) groups is 1. The summed E-state index contributed by atoms with van der Waals surface area (Å²) in [5, 5.41) is 4.50. The minimum Gasteiger partial charge on any atom is -0.355 e. The molecule has 5 heteroatoms. The Hall–Kier alpha value is -1.36. The van der Waals surface area contributed by atoms with Gasteiger partial charge in [-0.15, -0.1) is 0 Å². The van der Waals surface area contributed by atoms with Crippen LogP contribution in [0, 0.1) is 0 Å². The van der Waals surface area contributed by atoms with Gasteiger partial charge in [0.05, 0.1) is 5.39 Å². The van der Waals surface area contributed by atoms with E-state index >= 15 is 0 Å². The average molecular weight is 269 g/mol. The van der Waals surface area contributed by atoms with Gasteiger partial charge in [0, 0.05) is 18.6 Å². The minimum atomic E-state index is -0.156. The molecule has 0 bridgehead atoms. The van der Waals surface area contributed by atoms with Gasteiger partial charge in [0.15, 0.2) is 11.3 Å². The van der Waals surface area contributed by atoms with E-state index in [9.17, 15) is 4.79 Å². The lowest BCUT2D eigenvalue weighted by atomic mass is 10.2. The van der Waals surface area contributed by atoms with Crippen LogP contribution < -0.4 is 0 Å². The zero-order valence-corrected chi connectivity index (χ0v) is 9.91. The number of nitrogens with zero attached hydrogens (tertiary/aromatic N) is 2. The molecule has 15 heavy (non-hydrogen) atoms. The highest BCUT2D eigenvalue weighted by molar-refractivity contribution is 9.10. The first-order valence-corrected chi connectivity index (χ1v) is 5.15. The molecule has 2 aromatic rings. The third-order valence-corrected chi connectivity index (χ3v) is 2.54. The molecule has 1 aromatic heterocycles. The number of fused-ring (bicyclic) bond motifs is 1. The van der Waals surface area contributed by atoms with Gasteiger partial charge in [-0.2, -0.15) is 0 Å². The summed E-state index contributed by atoms with van der Waals surface area (Å²) < 4.78 is 5.97. The van der Waals surface area contributed by atoms with E-state index in [1.54, 1.807) is 20.2 Å². The maximum Gasteiger partial charge on any atom is 0.276 e. The molecule has 0 aliphatic carbocycles. The highest BCUT2D eigenvalue weighted by Crippen LogP contribution is 2.23. The summed E-state index contributed by atoms with van der Waals surface area (Å²) in [7, 11) is 3.36. The zero-order chi connectivity index (χ0) is 11.0. The van der Waals surface area contributed by atoms with Gasteiger partial charge in [-0.05, 0) is 18.2 Å². The Morgan fingerprint density at radius 1 is 1.47 bits per heavy atom. The second kappa shape index (κ2) is 3.66. The van der Waals surface area contributed by atoms with Gasteiger partial charge >= 0.3 is 0 Å². The van der Waals surface area contributed by atoms with Crippen molar-refractivity contribution in [3.8, 4) is 0 Å². The summed E-state index contributed by atoms with van der Waals surface area (Å²) in [5.41, 5.74) is 0.956. The monoisotopic (exact) mass is 268 g/mol. The summed E-state index contributed by atoms with van der Waals surface area (Å²) in [4.78, 5) is 13.2. The summed E-state index contributed by atoms with van der Waals surface area (Å²) in [6.45, 7) is 0. The Kier molecular flexibility index (Phi) is 2.48. The van der Waals surface area contributed by atoms with E-state index in [0.717, 1.165) is 9.86 Å². The third kappa shape index (κ3) is 1.74. The molecule has 1 amide bonds. The second-order valence-electron chi connectivity index (χ2n) is 3.37. The van der Waals surface area contributed by atoms with Gasteiger partial charge in [0.2, 0.25) is 0 Å². The van der Waals surface area contributed by atoms with Crippen LogP contribution in [0.3, 0.4) is 0 Å². The van der Waals surface area contributed by atoms with Crippen molar-refractivity contribution in [2.75, 3.05) is 14.1 Å². The first kappa shape index (κ1) is 10.2. The molecule has 0 aliphatic rings. The molecule has 0 saturated heterocycles. The van der Waals surface area contributed by atoms with Crippen LogP contribution in [-0.4, -0.2) is 30.1 Å². The molecule has 1 aromatic carbocycles. The number of amides is 1. The fourth-order valence-corrected chi connectivity index (χ4v) is 1.62. The Labute approximate surface area is 95.0 Å². The van der Waals surface area contributed by atoms with E-state index in [0.29, 0.717) is 11.3 Å². The van der Waals surface area contributed by atoms with Gasteiger partial charge in [-0.3, -0.25) is 4.79 Å². The average Bonchev–Trinajstić information content (AvgIpc) is 2.59. The lowest BCUT2D eigenvalue weighted by Crippen LogP contribution is -2.22. The van der Waals surface area contributed by atoms with Crippen molar-refractivity contribution in [2.24, 2.45) is 0 Å². The Morgan fingerprint density at radius 2 is 2.20 bits per heavy atom. The predicted octanol–water partition coefficient (Wildman–Crippen LogP) is 2.29. The largest absolute Gasteiger partial charge is 0.355 e. The molecule has 0 atom stereocenters. The van der Waals surface area contributed by atoms with E-state index in [1.807, 2.05) is 12.1 Å². The normalized spacial score (nSPS) is 10.6. The molecule has 78 valence electrons. The molecule has 0 spiro atoms. The van der Waals surface area contributed by atoms with Crippen LogP contribution in [0.4, 0.5) is 0 Å². The van der Waals surface area contributed by atoms with Crippen LogP contribution in [0.5, 0.6) is 0 Å². The maximum absolute atomic E-state index is 11.7. The molecule has 0 N–H and O–H groups in total. The number of halogens is 1. The second-order valence-corrected chi connectivity index (χ2v) is 4.29. The van der Waals surface area contributed by atoms with Crippen molar-refractivity contribution in [1.29, 1.82) is 0 Å². The van der Waals surface area contributed by atoms with Crippen molar-refractivity contribution in [3.63, 3.8) is 0 Å². The van der Waals surface area contributed by atoms with E-state index < -0.39 is 0 Å². The van der Waals surface area contributed by atoms with Crippen LogP contribution in [0.15, 0.2) is 27.2 Å². The minimum absolute atomic E-state index is 0.156. The molecule has 0 unspecified atom stereocenters. The predicted molar refractivity (Wildman–Crippen MR) is 59.7 cm³/mol. The molecule has 2 rings (SSSR count). The van der Waals surface area contributed by atoms with Crippen molar-refractivity contribution < 1.29 is 9.32 Å². The van der Waals surface area contributed by atoms with Gasteiger partial charge in [0.1, 0.15) is 0 Å². The number of hydrogen-bond donors (Lipinski definition) is 0. The zero-order valence-electron chi connectivity index (χ0n) is 8.32. The summed E-state index contributed by atoms with van der Waals surface area (Å²) in [5.74, 6) is -0.156. The third-order valence-electron chi connectivity index (χ3n) is 2.04. The smallest absolute Gasteiger partial charge is 0.276 e. The quantitative estimate of drug-likeness (QED) is 0.797. The molecule has 1 heterocycles. The van der Waals surface area contributed by atoms with Crippen LogP contribution in [0.2, 0.25) is 0 Å². The Morgan fingerprint density at radius 3 is 2.87 bits per heavy atom. The highest BCUT2D eigenvalue weighted by Gasteiger charge is 2.17.